The highest BCUT2D eigenvalue weighted by atomic mass is 16.2. The van der Waals surface area contributed by atoms with Crippen molar-refractivity contribution in [3.05, 3.63) is 59.2 Å². The first-order valence-electron chi connectivity index (χ1n) is 12.8. The van der Waals surface area contributed by atoms with Crippen molar-refractivity contribution in [3.63, 3.8) is 0 Å². The summed E-state index contributed by atoms with van der Waals surface area (Å²) in [6.07, 6.45) is 11.4. The molecule has 2 aliphatic carbocycles. The molecule has 1 atom stereocenters. The molecule has 5 rings (SSSR count). The van der Waals surface area contributed by atoms with Crippen molar-refractivity contribution in [2.45, 2.75) is 69.6 Å². The van der Waals surface area contributed by atoms with Crippen molar-refractivity contribution in [1.29, 1.82) is 0 Å². The van der Waals surface area contributed by atoms with Crippen LogP contribution in [-0.2, 0) is 17.6 Å². The number of benzodiazepines with no additional fused rings is 1. The van der Waals surface area contributed by atoms with Crippen molar-refractivity contribution >= 4 is 29.5 Å². The second kappa shape index (κ2) is 9.82. The number of nitrogens with one attached hydrogen (secondary N) is 2. The number of anilines is 2. The maximum atomic E-state index is 14.1. The molecule has 0 bridgehead atoms. The van der Waals surface area contributed by atoms with Crippen LogP contribution in [0.5, 0.6) is 0 Å². The average Bonchev–Trinajstić information content (AvgIpc) is 3.15. The third-order valence-electron chi connectivity index (χ3n) is 7.86. The van der Waals surface area contributed by atoms with Crippen LogP contribution in [0.2, 0.25) is 0 Å². The third-order valence-corrected chi connectivity index (χ3v) is 7.86. The molecule has 35 heavy (non-hydrogen) atoms. The van der Waals surface area contributed by atoms with Crippen LogP contribution < -0.4 is 15.5 Å². The summed E-state index contributed by atoms with van der Waals surface area (Å²) in [4.78, 5) is 36.0. The second-order valence-electron chi connectivity index (χ2n) is 9.99. The highest BCUT2D eigenvalue weighted by Gasteiger charge is 2.49. The van der Waals surface area contributed by atoms with Crippen molar-refractivity contribution in [3.8, 4) is 0 Å². The lowest BCUT2D eigenvalue weighted by Crippen LogP contribution is -2.68. The van der Waals surface area contributed by atoms with E-state index in [0.717, 1.165) is 61.9 Å². The quantitative estimate of drug-likeness (QED) is 0.499. The van der Waals surface area contributed by atoms with E-state index in [0.29, 0.717) is 0 Å². The summed E-state index contributed by atoms with van der Waals surface area (Å²) in [5.74, 6) is -1.80. The average molecular weight is 474 g/mol. The lowest BCUT2D eigenvalue weighted by Gasteiger charge is -2.42. The first kappa shape index (κ1) is 23.5. The van der Waals surface area contributed by atoms with Gasteiger partial charge in [0, 0.05) is 30.6 Å². The molecule has 0 radical (unpaired) electrons. The van der Waals surface area contributed by atoms with Gasteiger partial charge in [0.25, 0.3) is 11.7 Å². The molecule has 7 nitrogen and oxygen atoms in total. The maximum Gasteiger partial charge on any atom is 0.322 e. The van der Waals surface area contributed by atoms with Gasteiger partial charge in [0.05, 0.1) is 5.69 Å². The summed E-state index contributed by atoms with van der Waals surface area (Å²) in [7, 11) is 3.69. The number of amides is 3. The Bertz CT molecular complexity index is 1140. The Balaban J connectivity index is 1.50. The zero-order valence-corrected chi connectivity index (χ0v) is 20.7. The molecule has 7 heteroatoms. The fraction of sp³-hybridized carbons (Fsp3) is 0.464. The van der Waals surface area contributed by atoms with E-state index >= 15 is 0 Å². The largest absolute Gasteiger partial charge is 0.322 e. The van der Waals surface area contributed by atoms with Gasteiger partial charge < -0.3 is 10.2 Å². The Kier molecular flexibility index (Phi) is 6.60. The predicted octanol–water partition coefficient (Wildman–Crippen LogP) is 4.70. The summed E-state index contributed by atoms with van der Waals surface area (Å²) in [5, 5.41) is 6.07. The highest BCUT2D eigenvalue weighted by Crippen LogP contribution is 2.32. The lowest BCUT2D eigenvalue weighted by atomic mass is 10.0. The number of likely N-dealkylation sites (N-methyl/N-ethyl adjacent to an activating group) is 2. The van der Waals surface area contributed by atoms with Crippen molar-refractivity contribution in [2.75, 3.05) is 24.3 Å². The smallest absolute Gasteiger partial charge is 0.310 e. The third kappa shape index (κ3) is 4.45. The van der Waals surface area contributed by atoms with Gasteiger partial charge >= 0.3 is 6.03 Å². The van der Waals surface area contributed by atoms with E-state index < -0.39 is 11.8 Å². The number of carbonyl (C=O) groups is 2. The number of benzene rings is 2. The molecule has 1 fully saturated rings. The zero-order chi connectivity index (χ0) is 24.4. The molecule has 2 aromatic carbocycles. The molecule has 0 aromatic heterocycles. The van der Waals surface area contributed by atoms with Gasteiger partial charge in [-0.05, 0) is 62.4 Å². The molecule has 1 unspecified atom stereocenters. The van der Waals surface area contributed by atoms with Gasteiger partial charge in [-0.2, -0.15) is 0 Å². The summed E-state index contributed by atoms with van der Waals surface area (Å²) in [6, 6.07) is 13.5. The fourth-order valence-corrected chi connectivity index (χ4v) is 5.84. The number of carbonyl (C=O) groups excluding carboxylic acids is 2. The fourth-order valence-electron chi connectivity index (χ4n) is 5.84. The summed E-state index contributed by atoms with van der Waals surface area (Å²) >= 11 is 0. The first-order valence-corrected chi connectivity index (χ1v) is 12.8. The molecule has 1 saturated carbocycles. The topological polar surface area (TPSA) is 77.0 Å². The summed E-state index contributed by atoms with van der Waals surface area (Å²) in [6.45, 7) is 0. The minimum Gasteiger partial charge on any atom is -0.310 e. The normalized spacial score (nSPS) is 22.4. The number of hydrogen-bond donors (Lipinski definition) is 2. The number of urea groups is 1. The van der Waals surface area contributed by atoms with E-state index in [2.05, 4.69) is 16.7 Å². The highest BCUT2D eigenvalue weighted by molar-refractivity contribution is 6.08. The van der Waals surface area contributed by atoms with Crippen molar-refractivity contribution < 1.29 is 9.59 Å². The minimum atomic E-state index is -1.54. The molecule has 2 aromatic rings. The standard InChI is InChI=1S/C28H35N5O2/c1-32-25-18-8-7-11-21(25)19-29-28(26(32)34,33(2)22-14-5-3-4-6-15-22)31-27(35)30-24-17-10-13-20-12-9-16-23(20)24/h7-8,10-11,13,17-19,22H,3-6,9,12,14-16H2,1-2H3,(H2,30,31,35). The van der Waals surface area contributed by atoms with Gasteiger partial charge in [0.15, 0.2) is 0 Å². The lowest BCUT2D eigenvalue weighted by molar-refractivity contribution is -0.132. The van der Waals surface area contributed by atoms with E-state index in [1.165, 1.54) is 24.0 Å². The number of rotatable bonds is 4. The molecule has 1 heterocycles. The van der Waals surface area contributed by atoms with E-state index in [1.807, 2.05) is 48.3 Å². The monoisotopic (exact) mass is 473 g/mol. The van der Waals surface area contributed by atoms with Crippen LogP contribution in [0.4, 0.5) is 16.2 Å². The number of fused-ring (bicyclic) bond motifs is 2. The number of aryl methyl sites for hydroxylation is 1. The SMILES string of the molecule is CN1C(=O)C(NC(=O)Nc2cccc3c2CCC3)(N(C)C2CCCCCC2)N=Cc2ccccc21. The van der Waals surface area contributed by atoms with E-state index in [4.69, 9.17) is 4.99 Å². The van der Waals surface area contributed by atoms with Gasteiger partial charge in [-0.25, -0.2) is 9.79 Å². The van der Waals surface area contributed by atoms with Gasteiger partial charge in [-0.1, -0.05) is 56.0 Å². The van der Waals surface area contributed by atoms with Gasteiger partial charge in [-0.3, -0.25) is 15.0 Å². The second-order valence-corrected chi connectivity index (χ2v) is 9.99. The van der Waals surface area contributed by atoms with Crippen molar-refractivity contribution in [2.24, 2.45) is 4.99 Å². The van der Waals surface area contributed by atoms with E-state index in [-0.39, 0.29) is 11.9 Å². The van der Waals surface area contributed by atoms with E-state index in [1.54, 1.807) is 18.2 Å². The summed E-state index contributed by atoms with van der Waals surface area (Å²) in [5.41, 5.74) is 4.91. The molecule has 0 spiro atoms. The van der Waals surface area contributed by atoms with Crippen LogP contribution in [0.3, 0.4) is 0 Å². The number of hydrogen-bond acceptors (Lipinski definition) is 4. The zero-order valence-electron chi connectivity index (χ0n) is 20.7. The van der Waals surface area contributed by atoms with Crippen LogP contribution in [0.15, 0.2) is 47.5 Å². The number of nitrogens with zero attached hydrogens (tertiary/aromatic N) is 3. The van der Waals surface area contributed by atoms with Crippen LogP contribution in [0, 0.1) is 0 Å². The molecule has 184 valence electrons. The predicted molar refractivity (Wildman–Crippen MR) is 140 cm³/mol. The van der Waals surface area contributed by atoms with Crippen LogP contribution in [0.25, 0.3) is 0 Å². The molecule has 3 aliphatic rings. The molecule has 1 aliphatic heterocycles. The molecule has 0 saturated heterocycles. The Hall–Kier alpha value is -3.19. The van der Waals surface area contributed by atoms with Gasteiger partial charge in [0.2, 0.25) is 0 Å². The molecular formula is C28H35N5O2. The maximum absolute atomic E-state index is 14.1. The van der Waals surface area contributed by atoms with Gasteiger partial charge in [0.1, 0.15) is 0 Å². The minimum absolute atomic E-state index is 0.148. The molecule has 3 amide bonds. The molecule has 2 N–H and O–H groups in total. The number of aliphatic imine (C=N–C) groups is 1. The Morgan fingerprint density at radius 2 is 1.80 bits per heavy atom. The van der Waals surface area contributed by atoms with Crippen molar-refractivity contribution in [1.82, 2.24) is 10.2 Å². The summed E-state index contributed by atoms with van der Waals surface area (Å²) < 4.78 is 0. The first-order chi connectivity index (χ1) is 17.0. The molecular weight excluding hydrogens is 438 g/mol. The van der Waals surface area contributed by atoms with Crippen LogP contribution in [-0.4, -0.2) is 49.0 Å². The Labute approximate surface area is 207 Å². The Morgan fingerprint density at radius 1 is 1.03 bits per heavy atom. The van der Waals surface area contributed by atoms with Crippen LogP contribution >= 0.6 is 0 Å². The van der Waals surface area contributed by atoms with Gasteiger partial charge in [-0.15, -0.1) is 0 Å². The van der Waals surface area contributed by atoms with Crippen LogP contribution in [0.1, 0.15) is 61.6 Å². The number of para-hydroxylation sites is 1. The Morgan fingerprint density at radius 3 is 2.60 bits per heavy atom. The van der Waals surface area contributed by atoms with E-state index in [9.17, 15) is 9.59 Å².